The number of nitrogens with two attached hydrogens (primary N) is 1. The molecule has 2 heterocycles. The number of nitrogens with one attached hydrogen (secondary N) is 1. The van der Waals surface area contributed by atoms with Gasteiger partial charge in [0.2, 0.25) is 0 Å². The van der Waals surface area contributed by atoms with Crippen LogP contribution in [-0.2, 0) is 11.3 Å². The summed E-state index contributed by atoms with van der Waals surface area (Å²) in [6.07, 6.45) is 0. The van der Waals surface area contributed by atoms with Gasteiger partial charge in [0.15, 0.2) is 0 Å². The molecule has 0 unspecified atom stereocenters. The van der Waals surface area contributed by atoms with E-state index >= 15 is 0 Å². The topological polar surface area (TPSA) is 68.4 Å². The maximum absolute atomic E-state index is 9.09. The molecule has 0 aliphatic carbocycles. The van der Waals surface area contributed by atoms with Crippen LogP contribution in [0.25, 0.3) is 0 Å². The number of ether oxygens (including phenoxy) is 1. The molecule has 18 heavy (non-hydrogen) atoms. The van der Waals surface area contributed by atoms with E-state index in [0.29, 0.717) is 11.4 Å². The van der Waals surface area contributed by atoms with Gasteiger partial charge >= 0.3 is 0 Å². The number of morpholine rings is 1. The Morgan fingerprint density at radius 3 is 2.61 bits per heavy atom. The zero-order chi connectivity index (χ0) is 13.1. The molecular formula is C13H21N4O+. The molecule has 3 N–H and O–H groups in total. The van der Waals surface area contributed by atoms with E-state index in [1.165, 1.54) is 0 Å². The molecule has 0 atom stereocenters. The Kier molecular flexibility index (Phi) is 3.90. The summed E-state index contributed by atoms with van der Waals surface area (Å²) in [5.74, 6) is 0.611. The van der Waals surface area contributed by atoms with Crippen molar-refractivity contribution >= 4 is 5.82 Å². The fourth-order valence-electron chi connectivity index (χ4n) is 2.50. The van der Waals surface area contributed by atoms with Gasteiger partial charge in [-0.15, -0.1) is 0 Å². The second-order valence-electron chi connectivity index (χ2n) is 4.85. The highest BCUT2D eigenvalue weighted by Crippen LogP contribution is 2.22. The van der Waals surface area contributed by atoms with Crippen molar-refractivity contribution in [2.45, 2.75) is 20.4 Å². The maximum Gasteiger partial charge on any atom is 0.122 e. The molecule has 5 heteroatoms. The van der Waals surface area contributed by atoms with Crippen molar-refractivity contribution in [1.29, 1.82) is 5.26 Å². The van der Waals surface area contributed by atoms with Crippen LogP contribution >= 0.6 is 0 Å². The summed E-state index contributed by atoms with van der Waals surface area (Å²) in [6, 6.07) is 2.19. The fraction of sp³-hybridized carbons (Fsp3) is 0.615. The van der Waals surface area contributed by atoms with Gasteiger partial charge in [0.05, 0.1) is 31.9 Å². The van der Waals surface area contributed by atoms with Crippen LogP contribution in [0.5, 0.6) is 0 Å². The van der Waals surface area contributed by atoms with Crippen molar-refractivity contribution in [3.8, 4) is 6.07 Å². The van der Waals surface area contributed by atoms with Crippen molar-refractivity contribution < 1.29 is 9.64 Å². The zero-order valence-electron chi connectivity index (χ0n) is 11.1. The maximum atomic E-state index is 9.09. The smallest absolute Gasteiger partial charge is 0.122 e. The van der Waals surface area contributed by atoms with E-state index in [-0.39, 0.29) is 0 Å². The summed E-state index contributed by atoms with van der Waals surface area (Å²) in [4.78, 5) is 1.55. The van der Waals surface area contributed by atoms with Crippen LogP contribution in [-0.4, -0.2) is 37.4 Å². The molecular weight excluding hydrogens is 228 g/mol. The number of nitriles is 1. The van der Waals surface area contributed by atoms with Gasteiger partial charge in [0.1, 0.15) is 25.0 Å². The molecule has 0 aromatic carbocycles. The quantitative estimate of drug-likeness (QED) is 0.757. The average Bonchev–Trinajstić information content (AvgIpc) is 2.60. The highest BCUT2D eigenvalue weighted by Gasteiger charge is 2.18. The third kappa shape index (κ3) is 2.35. The highest BCUT2D eigenvalue weighted by atomic mass is 16.5. The Labute approximate surface area is 108 Å². The minimum absolute atomic E-state index is 0.611. The van der Waals surface area contributed by atoms with Crippen LogP contribution in [0.1, 0.15) is 16.8 Å². The molecule has 1 saturated heterocycles. The van der Waals surface area contributed by atoms with Crippen molar-refractivity contribution in [2.75, 3.05) is 38.6 Å². The van der Waals surface area contributed by atoms with Crippen LogP contribution in [0.15, 0.2) is 0 Å². The first-order chi connectivity index (χ1) is 8.65. The van der Waals surface area contributed by atoms with E-state index < -0.39 is 0 Å². The predicted octanol–water partition coefficient (Wildman–Crippen LogP) is -0.526. The number of nitrogen functional groups attached to an aromatic ring is 1. The summed E-state index contributed by atoms with van der Waals surface area (Å²) in [5.41, 5.74) is 8.78. The zero-order valence-corrected chi connectivity index (χ0v) is 11.1. The standard InChI is InChI=1S/C13H20N4O/c1-10-11(2)17(13(15)12(10)9-14)4-3-16-5-7-18-8-6-16/h3-8,15H2,1-2H3/p+1. The van der Waals surface area contributed by atoms with E-state index in [1.54, 1.807) is 4.90 Å². The normalized spacial score (nSPS) is 16.7. The Balaban J connectivity index is 2.07. The lowest BCUT2D eigenvalue weighted by atomic mass is 10.2. The molecule has 5 nitrogen and oxygen atoms in total. The fourth-order valence-corrected chi connectivity index (χ4v) is 2.50. The van der Waals surface area contributed by atoms with Crippen LogP contribution in [0.3, 0.4) is 0 Å². The average molecular weight is 249 g/mol. The molecule has 1 aliphatic heterocycles. The third-order valence-electron chi connectivity index (χ3n) is 3.87. The lowest BCUT2D eigenvalue weighted by Gasteiger charge is -2.24. The second kappa shape index (κ2) is 5.42. The van der Waals surface area contributed by atoms with Gasteiger partial charge in [-0.25, -0.2) is 0 Å². The first-order valence-corrected chi connectivity index (χ1v) is 6.41. The van der Waals surface area contributed by atoms with Gasteiger partial charge in [-0.1, -0.05) is 0 Å². The molecule has 1 fully saturated rings. The minimum atomic E-state index is 0.611. The van der Waals surface area contributed by atoms with Gasteiger partial charge in [-0.05, 0) is 19.4 Å². The van der Waals surface area contributed by atoms with Gasteiger partial charge in [0, 0.05) is 5.69 Å². The molecule has 0 spiro atoms. The summed E-state index contributed by atoms with van der Waals surface area (Å²) < 4.78 is 7.41. The van der Waals surface area contributed by atoms with Crippen LogP contribution < -0.4 is 10.6 Å². The van der Waals surface area contributed by atoms with Crippen LogP contribution in [0.4, 0.5) is 5.82 Å². The number of rotatable bonds is 3. The Bertz CT molecular complexity index is 466. The van der Waals surface area contributed by atoms with E-state index in [1.807, 2.05) is 13.8 Å². The molecule has 0 bridgehead atoms. The SMILES string of the molecule is Cc1c(C#N)c(N)n(CC[NH+]2CCOCC2)c1C. The number of aromatic nitrogens is 1. The highest BCUT2D eigenvalue weighted by molar-refractivity contribution is 5.57. The summed E-state index contributed by atoms with van der Waals surface area (Å²) in [7, 11) is 0. The van der Waals surface area contributed by atoms with Gasteiger partial charge in [0.25, 0.3) is 0 Å². The molecule has 1 aliphatic rings. The predicted molar refractivity (Wildman–Crippen MR) is 69.4 cm³/mol. The van der Waals surface area contributed by atoms with Gasteiger partial charge < -0.3 is 19.9 Å². The Morgan fingerprint density at radius 1 is 1.39 bits per heavy atom. The largest absolute Gasteiger partial charge is 0.384 e. The van der Waals surface area contributed by atoms with Crippen molar-refractivity contribution in [2.24, 2.45) is 0 Å². The third-order valence-corrected chi connectivity index (χ3v) is 3.87. The minimum Gasteiger partial charge on any atom is -0.384 e. The first kappa shape index (κ1) is 12.9. The molecule has 0 amide bonds. The molecule has 1 aromatic heterocycles. The summed E-state index contributed by atoms with van der Waals surface area (Å²) >= 11 is 0. The molecule has 1 aromatic rings. The van der Waals surface area contributed by atoms with E-state index in [2.05, 4.69) is 10.6 Å². The van der Waals surface area contributed by atoms with Gasteiger partial charge in [-0.2, -0.15) is 5.26 Å². The van der Waals surface area contributed by atoms with E-state index in [0.717, 1.165) is 50.7 Å². The molecule has 0 saturated carbocycles. The van der Waals surface area contributed by atoms with Crippen molar-refractivity contribution in [3.05, 3.63) is 16.8 Å². The van der Waals surface area contributed by atoms with Crippen molar-refractivity contribution in [3.63, 3.8) is 0 Å². The Hall–Kier alpha value is -1.51. The number of quaternary nitrogens is 1. The number of nitrogens with zero attached hydrogens (tertiary/aromatic N) is 2. The number of hydrogen-bond acceptors (Lipinski definition) is 3. The van der Waals surface area contributed by atoms with E-state index in [9.17, 15) is 0 Å². The molecule has 0 radical (unpaired) electrons. The van der Waals surface area contributed by atoms with Gasteiger partial charge in [-0.3, -0.25) is 0 Å². The summed E-state index contributed by atoms with van der Waals surface area (Å²) in [6.45, 7) is 9.71. The molecule has 2 rings (SSSR count). The molecule has 98 valence electrons. The monoisotopic (exact) mass is 249 g/mol. The lowest BCUT2D eigenvalue weighted by molar-refractivity contribution is -0.908. The Morgan fingerprint density at radius 2 is 2.06 bits per heavy atom. The second-order valence-corrected chi connectivity index (χ2v) is 4.85. The first-order valence-electron chi connectivity index (χ1n) is 6.41. The number of anilines is 1. The summed E-state index contributed by atoms with van der Waals surface area (Å²) in [5, 5.41) is 9.09. The lowest BCUT2D eigenvalue weighted by Crippen LogP contribution is -3.14. The van der Waals surface area contributed by atoms with Crippen LogP contribution in [0, 0.1) is 25.2 Å². The van der Waals surface area contributed by atoms with E-state index in [4.69, 9.17) is 15.7 Å². The number of hydrogen-bond donors (Lipinski definition) is 2. The van der Waals surface area contributed by atoms with Crippen molar-refractivity contribution in [1.82, 2.24) is 4.57 Å². The van der Waals surface area contributed by atoms with Crippen LogP contribution in [0.2, 0.25) is 0 Å².